The highest BCUT2D eigenvalue weighted by Gasteiger charge is 2.40. The highest BCUT2D eigenvalue weighted by Crippen LogP contribution is 2.40. The van der Waals surface area contributed by atoms with Crippen molar-refractivity contribution in [3.8, 4) is 0 Å². The van der Waals surface area contributed by atoms with Gasteiger partial charge in [0.05, 0.1) is 5.60 Å². The van der Waals surface area contributed by atoms with Crippen molar-refractivity contribution in [2.24, 2.45) is 11.7 Å². The number of piperidine rings is 1. The monoisotopic (exact) mass is 266 g/mol. The second-order valence-electron chi connectivity index (χ2n) is 6.95. The summed E-state index contributed by atoms with van der Waals surface area (Å²) >= 11 is 0. The first-order valence-corrected chi connectivity index (χ1v) is 8.39. The van der Waals surface area contributed by atoms with Gasteiger partial charge in [0.2, 0.25) is 0 Å². The van der Waals surface area contributed by atoms with Gasteiger partial charge in [-0.05, 0) is 64.1 Å². The first-order valence-electron chi connectivity index (χ1n) is 8.39. The molecule has 0 aromatic carbocycles. The molecule has 0 amide bonds. The average Bonchev–Trinajstić information content (AvgIpc) is 2.48. The molecule has 0 aromatic rings. The van der Waals surface area contributed by atoms with E-state index in [9.17, 15) is 0 Å². The molecule has 1 atom stereocenters. The van der Waals surface area contributed by atoms with E-state index in [4.69, 9.17) is 10.5 Å². The van der Waals surface area contributed by atoms with Crippen LogP contribution in [0.2, 0.25) is 0 Å². The normalized spacial score (nSPS) is 33.6. The Bertz CT molecular complexity index is 275. The molecule has 2 N–H and O–H groups in total. The van der Waals surface area contributed by atoms with Gasteiger partial charge in [-0.25, -0.2) is 0 Å². The molecule has 19 heavy (non-hydrogen) atoms. The molecule has 3 rings (SSSR count). The third kappa shape index (κ3) is 3.14. The minimum atomic E-state index is 0.256. The van der Waals surface area contributed by atoms with Crippen LogP contribution in [0.3, 0.4) is 0 Å². The molecule has 3 fully saturated rings. The maximum atomic E-state index is 6.22. The average molecular weight is 266 g/mol. The molecule has 3 aliphatic rings. The molecule has 110 valence electrons. The number of ether oxygens (including phenoxy) is 1. The quantitative estimate of drug-likeness (QED) is 0.835. The van der Waals surface area contributed by atoms with Crippen LogP contribution in [-0.4, -0.2) is 42.8 Å². The zero-order chi connectivity index (χ0) is 13.1. The highest BCUT2D eigenvalue weighted by molar-refractivity contribution is 4.93. The third-order valence-corrected chi connectivity index (χ3v) is 5.73. The van der Waals surface area contributed by atoms with Crippen molar-refractivity contribution in [1.82, 2.24) is 4.90 Å². The van der Waals surface area contributed by atoms with Crippen LogP contribution in [0, 0.1) is 5.92 Å². The molecule has 0 radical (unpaired) electrons. The molecule has 1 aliphatic carbocycles. The molecule has 3 nitrogen and oxygen atoms in total. The van der Waals surface area contributed by atoms with Gasteiger partial charge in [0.1, 0.15) is 0 Å². The Morgan fingerprint density at radius 1 is 1.05 bits per heavy atom. The van der Waals surface area contributed by atoms with E-state index in [2.05, 4.69) is 4.90 Å². The molecule has 2 heterocycles. The van der Waals surface area contributed by atoms with E-state index in [1.165, 1.54) is 70.9 Å². The van der Waals surface area contributed by atoms with Gasteiger partial charge in [-0.2, -0.15) is 0 Å². The summed E-state index contributed by atoms with van der Waals surface area (Å²) in [4.78, 5) is 2.74. The molecule has 0 aromatic heterocycles. The second-order valence-corrected chi connectivity index (χ2v) is 6.95. The summed E-state index contributed by atoms with van der Waals surface area (Å²) in [6, 6.07) is 0.783. The van der Waals surface area contributed by atoms with E-state index in [1.54, 1.807) is 0 Å². The standard InChI is InChI=1S/C16H30N2O/c17-13-14-4-9-18(10-5-14)15-6-11-19-16(12-15)7-2-1-3-8-16/h14-15H,1-13,17H2. The lowest BCUT2D eigenvalue weighted by Crippen LogP contribution is -2.51. The van der Waals surface area contributed by atoms with E-state index >= 15 is 0 Å². The summed E-state index contributed by atoms with van der Waals surface area (Å²) in [5, 5.41) is 0. The highest BCUT2D eigenvalue weighted by atomic mass is 16.5. The molecular weight excluding hydrogens is 236 g/mol. The molecule has 3 heteroatoms. The van der Waals surface area contributed by atoms with Crippen molar-refractivity contribution in [3.05, 3.63) is 0 Å². The van der Waals surface area contributed by atoms with Crippen molar-refractivity contribution in [3.63, 3.8) is 0 Å². The molecule has 2 saturated heterocycles. The van der Waals surface area contributed by atoms with E-state index in [0.717, 1.165) is 25.1 Å². The van der Waals surface area contributed by atoms with E-state index < -0.39 is 0 Å². The Hall–Kier alpha value is -0.120. The van der Waals surface area contributed by atoms with Crippen LogP contribution in [0.4, 0.5) is 0 Å². The summed E-state index contributed by atoms with van der Waals surface area (Å²) in [6.07, 6.45) is 11.9. The van der Waals surface area contributed by atoms with Gasteiger partial charge in [0.25, 0.3) is 0 Å². The first kappa shape index (κ1) is 13.8. The van der Waals surface area contributed by atoms with Crippen molar-refractivity contribution >= 4 is 0 Å². The molecule has 1 saturated carbocycles. The Labute approximate surface area is 117 Å². The molecule has 1 unspecified atom stereocenters. The molecule has 1 spiro atoms. The Balaban J connectivity index is 1.56. The summed E-state index contributed by atoms with van der Waals surface area (Å²) in [5.41, 5.74) is 6.06. The molecular formula is C16H30N2O. The molecule has 2 aliphatic heterocycles. The summed E-state index contributed by atoms with van der Waals surface area (Å²) in [7, 11) is 0. The van der Waals surface area contributed by atoms with Crippen LogP contribution in [-0.2, 0) is 4.74 Å². The Morgan fingerprint density at radius 3 is 2.47 bits per heavy atom. The number of likely N-dealkylation sites (tertiary alicyclic amines) is 1. The predicted molar refractivity (Wildman–Crippen MR) is 78.1 cm³/mol. The SMILES string of the molecule is NCC1CCN(C2CCOC3(CCCCC3)C2)CC1. The maximum Gasteiger partial charge on any atom is 0.0697 e. The van der Waals surface area contributed by atoms with Gasteiger partial charge >= 0.3 is 0 Å². The first-order chi connectivity index (χ1) is 9.31. The lowest BCUT2D eigenvalue weighted by atomic mass is 9.77. The van der Waals surface area contributed by atoms with Crippen LogP contribution in [0.15, 0.2) is 0 Å². The van der Waals surface area contributed by atoms with E-state index in [-0.39, 0.29) is 5.60 Å². The number of nitrogens with zero attached hydrogens (tertiary/aromatic N) is 1. The van der Waals surface area contributed by atoms with Gasteiger partial charge in [-0.15, -0.1) is 0 Å². The fourth-order valence-corrected chi connectivity index (χ4v) is 4.41. The molecule has 0 bridgehead atoms. The van der Waals surface area contributed by atoms with Gasteiger partial charge < -0.3 is 15.4 Å². The van der Waals surface area contributed by atoms with Gasteiger partial charge in [0, 0.05) is 12.6 Å². The fourth-order valence-electron chi connectivity index (χ4n) is 4.41. The zero-order valence-corrected chi connectivity index (χ0v) is 12.3. The second kappa shape index (κ2) is 6.11. The van der Waals surface area contributed by atoms with E-state index in [1.807, 2.05) is 0 Å². The lowest BCUT2D eigenvalue weighted by molar-refractivity contribution is -0.126. The van der Waals surface area contributed by atoms with Crippen LogP contribution in [0.1, 0.15) is 57.8 Å². The maximum absolute atomic E-state index is 6.22. The summed E-state index contributed by atoms with van der Waals surface area (Å²) < 4.78 is 6.22. The summed E-state index contributed by atoms with van der Waals surface area (Å²) in [5.74, 6) is 0.778. The van der Waals surface area contributed by atoms with Gasteiger partial charge in [-0.3, -0.25) is 0 Å². The van der Waals surface area contributed by atoms with Crippen molar-refractivity contribution < 1.29 is 4.74 Å². The van der Waals surface area contributed by atoms with Crippen molar-refractivity contribution in [2.75, 3.05) is 26.2 Å². The lowest BCUT2D eigenvalue weighted by Gasteiger charge is -2.48. The predicted octanol–water partition coefficient (Wildman–Crippen LogP) is 2.54. The van der Waals surface area contributed by atoms with Gasteiger partial charge in [0.15, 0.2) is 0 Å². The largest absolute Gasteiger partial charge is 0.375 e. The van der Waals surface area contributed by atoms with Crippen LogP contribution < -0.4 is 5.73 Å². The fraction of sp³-hybridized carbons (Fsp3) is 1.00. The van der Waals surface area contributed by atoms with Gasteiger partial charge in [-0.1, -0.05) is 19.3 Å². The van der Waals surface area contributed by atoms with Crippen molar-refractivity contribution in [1.29, 1.82) is 0 Å². The smallest absolute Gasteiger partial charge is 0.0697 e. The van der Waals surface area contributed by atoms with Crippen LogP contribution >= 0.6 is 0 Å². The Morgan fingerprint density at radius 2 is 1.79 bits per heavy atom. The Kier molecular flexibility index (Phi) is 4.45. The minimum absolute atomic E-state index is 0.256. The number of nitrogens with two attached hydrogens (primary N) is 1. The number of rotatable bonds is 2. The topological polar surface area (TPSA) is 38.5 Å². The minimum Gasteiger partial charge on any atom is -0.375 e. The third-order valence-electron chi connectivity index (χ3n) is 5.73. The van der Waals surface area contributed by atoms with Crippen LogP contribution in [0.5, 0.6) is 0 Å². The van der Waals surface area contributed by atoms with Crippen molar-refractivity contribution in [2.45, 2.75) is 69.4 Å². The summed E-state index contributed by atoms with van der Waals surface area (Å²) in [6.45, 7) is 4.40. The zero-order valence-electron chi connectivity index (χ0n) is 12.3. The van der Waals surface area contributed by atoms with Crippen LogP contribution in [0.25, 0.3) is 0 Å². The number of hydrogen-bond donors (Lipinski definition) is 1. The van der Waals surface area contributed by atoms with E-state index in [0.29, 0.717) is 0 Å². The number of hydrogen-bond acceptors (Lipinski definition) is 3.